The van der Waals surface area contributed by atoms with Crippen LogP contribution in [0, 0.1) is 5.82 Å². The molecule has 5 aromatic rings. The predicted molar refractivity (Wildman–Crippen MR) is 155 cm³/mol. The molecular formula is C30H28FN5O4S. The topological polar surface area (TPSA) is 115 Å². The maximum atomic E-state index is 13.1. The van der Waals surface area contributed by atoms with E-state index in [0.29, 0.717) is 41.7 Å². The molecule has 3 aromatic carbocycles. The van der Waals surface area contributed by atoms with Crippen molar-refractivity contribution in [2.75, 3.05) is 17.7 Å². The first-order valence-electron chi connectivity index (χ1n) is 13.0. The second-order valence-corrected chi connectivity index (χ2v) is 11.4. The Hall–Kier alpha value is -4.77. The van der Waals surface area contributed by atoms with Gasteiger partial charge in [0.1, 0.15) is 11.6 Å². The first-order chi connectivity index (χ1) is 19.8. The number of amides is 1. The number of hydrogen-bond donors (Lipinski definition) is 2. The van der Waals surface area contributed by atoms with E-state index < -0.39 is 9.84 Å². The van der Waals surface area contributed by atoms with Gasteiger partial charge in [-0.2, -0.15) is 4.98 Å². The van der Waals surface area contributed by atoms with Crippen LogP contribution in [0.3, 0.4) is 0 Å². The molecule has 0 saturated heterocycles. The minimum absolute atomic E-state index is 0.00485. The standard InChI is InChI=1S/C30H28FN5O4S/c1-3-40-27-17-25(41(38,39)4-2)14-15-26(27)33-30-34-28-16-11-23(19-36(28)35-30)21-7-9-22(10-8-21)29(37)32-18-20-5-12-24(31)13-6-20/h5-17,19H,3-4,18H2,1-2H3,(H,32,37)(H,33,35). The number of aromatic nitrogens is 3. The van der Waals surface area contributed by atoms with Gasteiger partial charge < -0.3 is 15.4 Å². The molecular weight excluding hydrogens is 545 g/mol. The van der Waals surface area contributed by atoms with Crippen molar-refractivity contribution in [1.82, 2.24) is 19.9 Å². The Morgan fingerprint density at radius 1 is 0.951 bits per heavy atom. The van der Waals surface area contributed by atoms with Gasteiger partial charge >= 0.3 is 0 Å². The van der Waals surface area contributed by atoms with Gasteiger partial charge in [-0.05, 0) is 66.6 Å². The van der Waals surface area contributed by atoms with Gasteiger partial charge in [-0.1, -0.05) is 31.2 Å². The van der Waals surface area contributed by atoms with Crippen molar-refractivity contribution in [2.24, 2.45) is 0 Å². The van der Waals surface area contributed by atoms with E-state index in [1.165, 1.54) is 24.3 Å². The van der Waals surface area contributed by atoms with Gasteiger partial charge in [0, 0.05) is 29.9 Å². The zero-order valence-electron chi connectivity index (χ0n) is 22.5. The highest BCUT2D eigenvalue weighted by Crippen LogP contribution is 2.30. The molecule has 0 bridgehead atoms. The highest BCUT2D eigenvalue weighted by Gasteiger charge is 2.16. The van der Waals surface area contributed by atoms with Gasteiger partial charge in [-0.3, -0.25) is 4.79 Å². The van der Waals surface area contributed by atoms with Crippen LogP contribution in [-0.4, -0.2) is 41.3 Å². The van der Waals surface area contributed by atoms with Gasteiger partial charge in [0.15, 0.2) is 15.5 Å². The Morgan fingerprint density at radius 3 is 2.39 bits per heavy atom. The van der Waals surface area contributed by atoms with Gasteiger partial charge in [0.25, 0.3) is 5.91 Å². The first kappa shape index (κ1) is 27.8. The van der Waals surface area contributed by atoms with E-state index in [4.69, 9.17) is 4.74 Å². The van der Waals surface area contributed by atoms with Crippen LogP contribution in [0.25, 0.3) is 16.8 Å². The molecule has 2 aromatic heterocycles. The molecule has 11 heteroatoms. The fourth-order valence-corrected chi connectivity index (χ4v) is 5.06. The minimum Gasteiger partial charge on any atom is -0.492 e. The van der Waals surface area contributed by atoms with Crippen molar-refractivity contribution in [3.05, 3.63) is 102 Å². The molecule has 0 atom stereocenters. The number of nitrogens with zero attached hydrogens (tertiary/aromatic N) is 3. The second-order valence-electron chi connectivity index (χ2n) is 9.16. The minimum atomic E-state index is -3.38. The Morgan fingerprint density at radius 2 is 1.68 bits per heavy atom. The molecule has 2 N–H and O–H groups in total. The number of carbonyl (C=O) groups is 1. The Kier molecular flexibility index (Phi) is 7.97. The first-order valence-corrected chi connectivity index (χ1v) is 14.7. The summed E-state index contributed by atoms with van der Waals surface area (Å²) in [7, 11) is -3.38. The van der Waals surface area contributed by atoms with Crippen LogP contribution in [0.15, 0.2) is 90.0 Å². The smallest absolute Gasteiger partial charge is 0.251 e. The van der Waals surface area contributed by atoms with Gasteiger partial charge in [-0.25, -0.2) is 17.3 Å². The normalized spacial score (nSPS) is 11.4. The van der Waals surface area contributed by atoms with E-state index in [0.717, 1.165) is 16.7 Å². The molecule has 0 saturated carbocycles. The number of hydrogen-bond acceptors (Lipinski definition) is 7. The van der Waals surface area contributed by atoms with Crippen molar-refractivity contribution < 1.29 is 22.3 Å². The van der Waals surface area contributed by atoms with Gasteiger partial charge in [0.05, 0.1) is 22.9 Å². The van der Waals surface area contributed by atoms with E-state index >= 15 is 0 Å². The predicted octanol–water partition coefficient (Wildman–Crippen LogP) is 5.40. The van der Waals surface area contributed by atoms with Crippen LogP contribution in [0.2, 0.25) is 0 Å². The summed E-state index contributed by atoms with van der Waals surface area (Å²) in [5, 5.41) is 10.5. The molecule has 2 heterocycles. The summed E-state index contributed by atoms with van der Waals surface area (Å²) >= 11 is 0. The Bertz CT molecular complexity index is 1800. The van der Waals surface area contributed by atoms with Crippen LogP contribution in [0.1, 0.15) is 29.8 Å². The summed E-state index contributed by atoms with van der Waals surface area (Å²) in [6, 6.07) is 21.6. The molecule has 5 rings (SSSR count). The van der Waals surface area contributed by atoms with Crippen LogP contribution < -0.4 is 15.4 Å². The molecule has 0 unspecified atom stereocenters. The fraction of sp³-hybridized carbons (Fsp3) is 0.167. The van der Waals surface area contributed by atoms with Crippen molar-refractivity contribution in [1.29, 1.82) is 0 Å². The number of anilines is 2. The zero-order chi connectivity index (χ0) is 29.0. The average Bonchev–Trinajstić information content (AvgIpc) is 3.39. The molecule has 210 valence electrons. The fourth-order valence-electron chi connectivity index (χ4n) is 4.17. The van der Waals surface area contributed by atoms with Crippen LogP contribution in [-0.2, 0) is 16.4 Å². The third kappa shape index (κ3) is 6.36. The molecule has 0 spiro atoms. The highest BCUT2D eigenvalue weighted by molar-refractivity contribution is 7.91. The molecule has 0 aliphatic carbocycles. The molecule has 9 nitrogen and oxygen atoms in total. The summed E-state index contributed by atoms with van der Waals surface area (Å²) in [6.07, 6.45) is 1.83. The number of ether oxygens (including phenoxy) is 1. The summed E-state index contributed by atoms with van der Waals surface area (Å²) in [5.74, 6) is 0.162. The quantitative estimate of drug-likeness (QED) is 0.230. The lowest BCUT2D eigenvalue weighted by atomic mass is 10.1. The highest BCUT2D eigenvalue weighted by atomic mass is 32.2. The number of sulfone groups is 1. The number of halogens is 1. The molecule has 1 amide bonds. The Labute approximate surface area is 236 Å². The molecule has 0 radical (unpaired) electrons. The molecule has 0 aliphatic heterocycles. The van der Waals surface area contributed by atoms with Crippen LogP contribution in [0.5, 0.6) is 5.75 Å². The number of fused-ring (bicyclic) bond motifs is 1. The van der Waals surface area contributed by atoms with E-state index in [1.807, 2.05) is 37.4 Å². The van der Waals surface area contributed by atoms with Crippen molar-refractivity contribution in [3.8, 4) is 16.9 Å². The lowest BCUT2D eigenvalue weighted by molar-refractivity contribution is 0.0951. The van der Waals surface area contributed by atoms with E-state index in [1.54, 1.807) is 41.8 Å². The zero-order valence-corrected chi connectivity index (χ0v) is 23.3. The summed E-state index contributed by atoms with van der Waals surface area (Å²) < 4.78 is 45.0. The summed E-state index contributed by atoms with van der Waals surface area (Å²) in [5.41, 5.74) is 4.23. The third-order valence-corrected chi connectivity index (χ3v) is 8.15. The number of benzene rings is 3. The number of carbonyl (C=O) groups excluding carboxylic acids is 1. The van der Waals surface area contributed by atoms with E-state index in [9.17, 15) is 17.6 Å². The summed E-state index contributed by atoms with van der Waals surface area (Å²) in [6.45, 7) is 4.08. The van der Waals surface area contributed by atoms with Crippen LogP contribution >= 0.6 is 0 Å². The molecule has 0 aliphatic rings. The Balaban J connectivity index is 1.30. The lowest BCUT2D eigenvalue weighted by Gasteiger charge is -2.12. The lowest BCUT2D eigenvalue weighted by Crippen LogP contribution is -2.22. The summed E-state index contributed by atoms with van der Waals surface area (Å²) in [4.78, 5) is 17.3. The van der Waals surface area contributed by atoms with Gasteiger partial charge in [-0.15, -0.1) is 5.10 Å². The SMILES string of the molecule is CCOc1cc(S(=O)(=O)CC)ccc1Nc1nc2ccc(-c3ccc(C(=O)NCc4ccc(F)cc4)cc3)cn2n1. The van der Waals surface area contributed by atoms with Crippen molar-refractivity contribution >= 4 is 33.0 Å². The van der Waals surface area contributed by atoms with Crippen molar-refractivity contribution in [3.63, 3.8) is 0 Å². The van der Waals surface area contributed by atoms with Gasteiger partial charge in [0.2, 0.25) is 5.95 Å². The number of pyridine rings is 1. The molecule has 41 heavy (non-hydrogen) atoms. The monoisotopic (exact) mass is 573 g/mol. The largest absolute Gasteiger partial charge is 0.492 e. The molecule has 0 fully saturated rings. The maximum absolute atomic E-state index is 13.1. The third-order valence-electron chi connectivity index (χ3n) is 6.42. The number of nitrogens with one attached hydrogen (secondary N) is 2. The number of rotatable bonds is 10. The van der Waals surface area contributed by atoms with Crippen LogP contribution in [0.4, 0.5) is 16.0 Å². The van der Waals surface area contributed by atoms with Crippen molar-refractivity contribution in [2.45, 2.75) is 25.3 Å². The van der Waals surface area contributed by atoms with E-state index in [2.05, 4.69) is 20.7 Å². The van der Waals surface area contributed by atoms with E-state index in [-0.39, 0.29) is 22.4 Å². The second kappa shape index (κ2) is 11.8. The average molecular weight is 574 g/mol. The maximum Gasteiger partial charge on any atom is 0.251 e.